The van der Waals surface area contributed by atoms with Gasteiger partial charge in [-0.3, -0.25) is 53.1 Å². The molecule has 2 atom stereocenters. The molecule has 1 aliphatic heterocycles. The molecule has 24 heteroatoms. The largest absolute Gasteiger partial charge is 0.480 e. The maximum atomic E-state index is 12.6. The molecule has 1 saturated heterocycles. The van der Waals surface area contributed by atoms with Crippen LogP contribution in [0.3, 0.4) is 0 Å². The Morgan fingerprint density at radius 3 is 1.49 bits per heavy atom. The highest BCUT2D eigenvalue weighted by atomic mass is 32.2. The molecule has 0 aliphatic carbocycles. The molecular weight excluding hydrogens is 945 g/mol. The van der Waals surface area contributed by atoms with Crippen molar-refractivity contribution in [2.24, 2.45) is 5.92 Å². The Morgan fingerprint density at radius 1 is 0.606 bits per heavy atom. The summed E-state index contributed by atoms with van der Waals surface area (Å²) >= 11 is 1.49. The van der Waals surface area contributed by atoms with E-state index in [0.717, 1.165) is 32.4 Å². The quantitative estimate of drug-likeness (QED) is 0.0311. The molecule has 0 aromatic rings. The summed E-state index contributed by atoms with van der Waals surface area (Å²) in [7, 11) is 0. The number of carbonyl (C=O) groups excluding carboxylic acids is 5. The van der Waals surface area contributed by atoms with Crippen LogP contribution >= 0.6 is 11.8 Å². The number of Topliss-reactive ketones (excluding diaryl/α,β-unsaturated/α-hetero) is 1. The van der Waals surface area contributed by atoms with Crippen LogP contribution in [0.25, 0.3) is 0 Å². The molecule has 410 valence electrons. The molecule has 0 saturated carbocycles. The third-order valence-electron chi connectivity index (χ3n) is 10.7. The van der Waals surface area contributed by atoms with Crippen molar-refractivity contribution in [1.82, 2.24) is 51.5 Å². The number of hydrogen-bond donors (Lipinski definition) is 10. The summed E-state index contributed by atoms with van der Waals surface area (Å²) in [5.41, 5.74) is 0. The van der Waals surface area contributed by atoms with E-state index in [9.17, 15) is 48.3 Å². The maximum absolute atomic E-state index is 12.6. The normalized spacial score (nSPS) is 14.7. The Kier molecular flexibility index (Phi) is 41.9. The molecule has 23 nitrogen and oxygen atoms in total. The number of carboxylic acids is 4. The van der Waals surface area contributed by atoms with Gasteiger partial charge in [0.05, 0.1) is 32.0 Å². The molecule has 2 unspecified atom stereocenters. The molecule has 0 aromatic carbocycles. The number of rotatable bonds is 34. The van der Waals surface area contributed by atoms with Gasteiger partial charge in [-0.2, -0.15) is 11.8 Å². The average molecular weight is 1030 g/mol. The van der Waals surface area contributed by atoms with Crippen molar-refractivity contribution in [1.29, 1.82) is 0 Å². The van der Waals surface area contributed by atoms with E-state index in [4.69, 9.17) is 15.3 Å². The van der Waals surface area contributed by atoms with Crippen LogP contribution in [0, 0.1) is 5.92 Å². The van der Waals surface area contributed by atoms with Gasteiger partial charge in [0.25, 0.3) is 0 Å². The van der Waals surface area contributed by atoms with E-state index < -0.39 is 60.2 Å². The molecule has 0 radical (unpaired) electrons. The topological polar surface area (TPSA) is 320 Å². The highest BCUT2D eigenvalue weighted by Crippen LogP contribution is 2.07. The average Bonchev–Trinajstić information content (AvgIpc) is 3.30. The molecule has 0 bridgehead atoms. The van der Waals surface area contributed by atoms with Crippen molar-refractivity contribution in [2.45, 2.75) is 111 Å². The van der Waals surface area contributed by atoms with Crippen molar-refractivity contribution >= 4 is 65.6 Å². The fraction of sp³-hybridized carbons (Fsp3) is 0.766. The molecule has 1 fully saturated rings. The van der Waals surface area contributed by atoms with Gasteiger partial charge in [-0.1, -0.05) is 54.0 Å². The highest BCUT2D eigenvalue weighted by Gasteiger charge is 2.24. The van der Waals surface area contributed by atoms with Crippen LogP contribution in [-0.4, -0.2) is 223 Å². The molecular formula is C47H88N10O13S. The predicted octanol–water partition coefficient (Wildman–Crippen LogP) is 0.550. The minimum Gasteiger partial charge on any atom is -0.480 e. The van der Waals surface area contributed by atoms with Crippen LogP contribution in [-0.2, 0) is 43.2 Å². The third-order valence-corrected chi connectivity index (χ3v) is 11.3. The van der Waals surface area contributed by atoms with Gasteiger partial charge >= 0.3 is 23.9 Å². The van der Waals surface area contributed by atoms with Gasteiger partial charge in [0, 0.05) is 90.8 Å². The first-order valence-corrected chi connectivity index (χ1v) is 26.1. The standard InChI is InChI=1S/C28H50N6O7S.C16H30N4O6.C3H8/c1-20(2)24(36)11-6-5-8-14-30-21(3)31-15-9-7-10-23(28(40)41)34-26(38)18-32-27(39)22(13-17-42-4)33-25(37)12-16-29-19-35;1-2-17-3-5-18(11-14(21)22)7-9-20(13-16(25)26)10-8-19(6-4-17)12-15(23)24;1-3-2/h19-20,22-23,30-31H,3,5-18H2,1-2,4H3,(H,29,35)(H,32,39)(H,33,37)(H,34,38)(H,40,41);2-13H2,1H3,(H,21,22)(H,23,24)(H,25,26);3H2,1-2H3. The fourth-order valence-electron chi connectivity index (χ4n) is 6.66. The molecule has 71 heavy (non-hydrogen) atoms. The SMILES string of the molecule is C=C(NCCCCCC(=O)C(C)C)NCCCCC(NC(=O)CNC(=O)C(CCSC)NC(=O)CCNC=O)C(=O)O.CCC.CCN1CCN(CC(=O)O)CCN(CC(=O)O)CCN(CC(=O)O)CC1. The molecule has 10 N–H and O–H groups in total. The Balaban J connectivity index is 0. The number of hydrogen-bond acceptors (Lipinski definition) is 16. The van der Waals surface area contributed by atoms with Gasteiger partial charge in [0.2, 0.25) is 24.1 Å². The van der Waals surface area contributed by atoms with E-state index in [0.29, 0.717) is 108 Å². The number of aliphatic carboxylic acids is 4. The summed E-state index contributed by atoms with van der Waals surface area (Å²) in [6.45, 7) is 19.8. The van der Waals surface area contributed by atoms with Gasteiger partial charge in [-0.05, 0) is 57.1 Å². The number of amides is 4. The zero-order valence-corrected chi connectivity index (χ0v) is 44.1. The van der Waals surface area contributed by atoms with E-state index in [1.807, 2.05) is 36.8 Å². The molecule has 1 aliphatic rings. The minimum atomic E-state index is -1.17. The Morgan fingerprint density at radius 2 is 1.07 bits per heavy atom. The second-order valence-corrected chi connectivity index (χ2v) is 18.3. The first-order chi connectivity index (χ1) is 33.7. The predicted molar refractivity (Wildman–Crippen MR) is 274 cm³/mol. The summed E-state index contributed by atoms with van der Waals surface area (Å²) in [5.74, 6) is -3.90. The van der Waals surface area contributed by atoms with E-state index in [-0.39, 0.29) is 44.9 Å². The Labute approximate surface area is 425 Å². The summed E-state index contributed by atoms with van der Waals surface area (Å²) < 4.78 is 0. The number of thioether (sulfide) groups is 1. The van der Waals surface area contributed by atoms with Crippen LogP contribution in [0.2, 0.25) is 0 Å². The van der Waals surface area contributed by atoms with Crippen LogP contribution in [0.1, 0.15) is 98.8 Å². The summed E-state index contributed by atoms with van der Waals surface area (Å²) in [6.07, 6.45) is 8.73. The lowest BCUT2D eigenvalue weighted by molar-refractivity contribution is -0.142. The smallest absolute Gasteiger partial charge is 0.326 e. The summed E-state index contributed by atoms with van der Waals surface area (Å²) in [4.78, 5) is 111. The highest BCUT2D eigenvalue weighted by molar-refractivity contribution is 7.98. The van der Waals surface area contributed by atoms with Crippen molar-refractivity contribution in [3.8, 4) is 0 Å². The number of nitrogens with zero attached hydrogens (tertiary/aromatic N) is 4. The molecule has 4 amide bonds. The second-order valence-electron chi connectivity index (χ2n) is 17.3. The number of likely N-dealkylation sites (N-methyl/N-ethyl adjacent to an activating group) is 1. The van der Waals surface area contributed by atoms with Crippen molar-refractivity contribution in [3.05, 3.63) is 12.4 Å². The van der Waals surface area contributed by atoms with Crippen molar-refractivity contribution in [3.63, 3.8) is 0 Å². The van der Waals surface area contributed by atoms with Gasteiger partial charge in [-0.15, -0.1) is 0 Å². The molecule has 0 aromatic heterocycles. The van der Waals surface area contributed by atoms with Gasteiger partial charge in [-0.25, -0.2) is 4.79 Å². The van der Waals surface area contributed by atoms with E-state index in [2.05, 4.69) is 57.2 Å². The van der Waals surface area contributed by atoms with E-state index in [1.54, 1.807) is 4.90 Å². The zero-order valence-electron chi connectivity index (χ0n) is 43.3. The van der Waals surface area contributed by atoms with Crippen LogP contribution in [0.5, 0.6) is 0 Å². The Bertz CT molecular complexity index is 1550. The van der Waals surface area contributed by atoms with Gasteiger partial charge in [0.15, 0.2) is 0 Å². The van der Waals surface area contributed by atoms with E-state index in [1.165, 1.54) is 18.2 Å². The van der Waals surface area contributed by atoms with Gasteiger partial charge in [0.1, 0.15) is 17.9 Å². The van der Waals surface area contributed by atoms with E-state index >= 15 is 0 Å². The fourth-order valence-corrected chi connectivity index (χ4v) is 7.13. The lowest BCUT2D eigenvalue weighted by Crippen LogP contribution is -2.51. The number of ketones is 1. The van der Waals surface area contributed by atoms with Crippen LogP contribution in [0.15, 0.2) is 12.4 Å². The number of unbranched alkanes of at least 4 members (excludes halogenated alkanes) is 3. The second kappa shape index (κ2) is 43.7. The number of carboxylic acid groups (broad SMARTS) is 4. The lowest BCUT2D eigenvalue weighted by atomic mass is 10.0. The number of carbonyl (C=O) groups is 9. The van der Waals surface area contributed by atoms with Crippen molar-refractivity contribution in [2.75, 3.05) is 117 Å². The monoisotopic (exact) mass is 1030 g/mol. The van der Waals surface area contributed by atoms with Crippen LogP contribution < -0.4 is 31.9 Å². The first kappa shape index (κ1) is 68.0. The summed E-state index contributed by atoms with van der Waals surface area (Å²) in [6, 6.07) is -1.96. The molecule has 1 heterocycles. The molecule has 0 spiro atoms. The summed E-state index contributed by atoms with van der Waals surface area (Å²) in [5, 5.41) is 52.9. The maximum Gasteiger partial charge on any atom is 0.326 e. The van der Waals surface area contributed by atoms with Crippen LogP contribution in [0.4, 0.5) is 0 Å². The number of nitrogens with one attached hydrogen (secondary N) is 6. The first-order valence-electron chi connectivity index (χ1n) is 24.7. The zero-order chi connectivity index (χ0) is 54.0. The van der Waals surface area contributed by atoms with Crippen molar-refractivity contribution < 1.29 is 63.6 Å². The minimum absolute atomic E-state index is 0.00540. The Hall–Kier alpha value is -5.04. The third kappa shape index (κ3) is 40.3. The molecule has 1 rings (SSSR count). The lowest BCUT2D eigenvalue weighted by Gasteiger charge is -2.32. The van der Waals surface area contributed by atoms with Gasteiger partial charge < -0.3 is 57.2 Å².